The highest BCUT2D eigenvalue weighted by Gasteiger charge is 2.26. The van der Waals surface area contributed by atoms with Crippen molar-refractivity contribution in [3.63, 3.8) is 0 Å². The van der Waals surface area contributed by atoms with Crippen LogP contribution in [0.5, 0.6) is 0 Å². The van der Waals surface area contributed by atoms with Crippen molar-refractivity contribution in [3.8, 4) is 5.69 Å². The molecule has 26 heavy (non-hydrogen) atoms. The van der Waals surface area contributed by atoms with E-state index in [0.717, 1.165) is 6.42 Å². The van der Waals surface area contributed by atoms with Crippen molar-refractivity contribution < 1.29 is 9.90 Å². The van der Waals surface area contributed by atoms with E-state index in [0.29, 0.717) is 45.9 Å². The Kier molecular flexibility index (Phi) is 6.41. The number of carboxylic acid groups (broad SMARTS) is 1. The normalized spacial score (nSPS) is 13.0. The molecule has 0 aliphatic carbocycles. The first-order valence-electron chi connectivity index (χ1n) is 8.83. The van der Waals surface area contributed by atoms with Crippen LogP contribution in [0.1, 0.15) is 62.8 Å². The van der Waals surface area contributed by atoms with E-state index in [1.807, 2.05) is 6.92 Å². The van der Waals surface area contributed by atoms with E-state index in [2.05, 4.69) is 32.8 Å². The molecular weight excluding hydrogens is 371 g/mol. The van der Waals surface area contributed by atoms with Gasteiger partial charge in [-0.2, -0.15) is 5.10 Å². The lowest BCUT2D eigenvalue weighted by Gasteiger charge is -2.22. The fraction of sp³-hybridized carbons (Fsp3) is 0.500. The Morgan fingerprint density at radius 1 is 1.31 bits per heavy atom. The first kappa shape index (κ1) is 20.8. The van der Waals surface area contributed by atoms with Gasteiger partial charge < -0.3 is 5.11 Å². The lowest BCUT2D eigenvalue weighted by molar-refractivity contribution is 0.0694. The van der Waals surface area contributed by atoms with E-state index in [4.69, 9.17) is 23.2 Å². The second-order valence-corrected chi connectivity index (χ2v) is 8.85. The van der Waals surface area contributed by atoms with E-state index < -0.39 is 5.97 Å². The Labute approximate surface area is 165 Å². The van der Waals surface area contributed by atoms with Crippen molar-refractivity contribution in [3.05, 3.63) is 45.2 Å². The van der Waals surface area contributed by atoms with Gasteiger partial charge in [0, 0.05) is 5.02 Å². The topological polar surface area (TPSA) is 55.1 Å². The monoisotopic (exact) mass is 396 g/mol. The second-order valence-electron chi connectivity index (χ2n) is 8.01. The maximum absolute atomic E-state index is 12.0. The quantitative estimate of drug-likeness (QED) is 0.645. The highest BCUT2D eigenvalue weighted by molar-refractivity contribution is 6.34. The highest BCUT2D eigenvalue weighted by Crippen LogP contribution is 2.31. The Hall–Kier alpha value is -1.52. The zero-order chi connectivity index (χ0) is 19.6. The van der Waals surface area contributed by atoms with E-state index >= 15 is 0 Å². The van der Waals surface area contributed by atoms with E-state index in [1.54, 1.807) is 22.9 Å². The predicted molar refractivity (Wildman–Crippen MR) is 107 cm³/mol. The van der Waals surface area contributed by atoms with Crippen LogP contribution in [0.2, 0.25) is 10.0 Å². The van der Waals surface area contributed by atoms with Crippen molar-refractivity contribution in [2.45, 2.75) is 53.9 Å². The Balaban J connectivity index is 2.54. The van der Waals surface area contributed by atoms with Crippen LogP contribution < -0.4 is 0 Å². The number of carboxylic acids is 1. The molecule has 1 aromatic heterocycles. The molecule has 0 aliphatic rings. The average molecular weight is 397 g/mol. The van der Waals surface area contributed by atoms with Crippen molar-refractivity contribution in [2.24, 2.45) is 11.3 Å². The number of halogens is 2. The molecule has 0 fully saturated rings. The molecule has 1 aromatic carbocycles. The van der Waals surface area contributed by atoms with Gasteiger partial charge in [0.15, 0.2) is 0 Å². The van der Waals surface area contributed by atoms with Crippen LogP contribution in [0.15, 0.2) is 18.2 Å². The fourth-order valence-electron chi connectivity index (χ4n) is 3.51. The third-order valence-electron chi connectivity index (χ3n) is 4.24. The van der Waals surface area contributed by atoms with Gasteiger partial charge in [-0.1, -0.05) is 57.8 Å². The molecule has 6 heteroatoms. The lowest BCUT2D eigenvalue weighted by Crippen LogP contribution is -2.14. The summed E-state index contributed by atoms with van der Waals surface area (Å²) in [5.41, 5.74) is 2.30. The van der Waals surface area contributed by atoms with Crippen LogP contribution in [0.4, 0.5) is 0 Å². The van der Waals surface area contributed by atoms with Crippen LogP contribution in [0, 0.1) is 11.3 Å². The Morgan fingerprint density at radius 2 is 1.96 bits per heavy atom. The van der Waals surface area contributed by atoms with Gasteiger partial charge in [0.25, 0.3) is 0 Å². The van der Waals surface area contributed by atoms with Crippen molar-refractivity contribution >= 4 is 29.2 Å². The molecule has 1 unspecified atom stereocenters. The third-order valence-corrected chi connectivity index (χ3v) is 4.80. The third kappa shape index (κ3) is 4.80. The summed E-state index contributed by atoms with van der Waals surface area (Å²) >= 11 is 12.4. The first-order chi connectivity index (χ1) is 12.0. The molecule has 1 heterocycles. The summed E-state index contributed by atoms with van der Waals surface area (Å²) in [5.74, 6) is -0.639. The summed E-state index contributed by atoms with van der Waals surface area (Å²) in [6.45, 7) is 10.6. The highest BCUT2D eigenvalue weighted by atomic mass is 35.5. The molecule has 0 aliphatic heterocycles. The molecule has 1 atom stereocenters. The van der Waals surface area contributed by atoms with Gasteiger partial charge in [-0.3, -0.25) is 0 Å². The molecule has 0 amide bonds. The zero-order valence-corrected chi connectivity index (χ0v) is 17.4. The van der Waals surface area contributed by atoms with Gasteiger partial charge in [0.2, 0.25) is 0 Å². The molecule has 0 bridgehead atoms. The smallest absolute Gasteiger partial charge is 0.339 e. The molecule has 142 valence electrons. The average Bonchev–Trinajstić information content (AvgIpc) is 2.85. The summed E-state index contributed by atoms with van der Waals surface area (Å²) in [6.07, 6.45) is 2.13. The number of hydrogen-bond acceptors (Lipinski definition) is 2. The number of hydrogen-bond donors (Lipinski definition) is 1. The number of aromatic carboxylic acids is 1. The number of carbonyl (C=O) groups is 1. The van der Waals surface area contributed by atoms with Gasteiger partial charge in [-0.15, -0.1) is 0 Å². The molecule has 1 N–H and O–H groups in total. The van der Waals surface area contributed by atoms with Crippen LogP contribution in [0.25, 0.3) is 5.69 Å². The molecule has 0 radical (unpaired) electrons. The van der Waals surface area contributed by atoms with Crippen molar-refractivity contribution in [1.82, 2.24) is 9.78 Å². The van der Waals surface area contributed by atoms with Gasteiger partial charge in [0.1, 0.15) is 5.56 Å². The SMILES string of the molecule is CCc1c(C(=O)O)c(CC(C)CC(C)(C)C)nn1-c1cc(Cl)ccc1Cl. The van der Waals surface area contributed by atoms with Gasteiger partial charge in [-0.25, -0.2) is 9.48 Å². The van der Waals surface area contributed by atoms with Gasteiger partial charge in [-0.05, 0) is 48.8 Å². The van der Waals surface area contributed by atoms with E-state index in [9.17, 15) is 9.90 Å². The van der Waals surface area contributed by atoms with Gasteiger partial charge in [0.05, 0.1) is 22.1 Å². The van der Waals surface area contributed by atoms with Crippen molar-refractivity contribution in [1.29, 1.82) is 0 Å². The number of benzene rings is 1. The van der Waals surface area contributed by atoms with Crippen LogP contribution in [-0.2, 0) is 12.8 Å². The molecular formula is C20H26Cl2N2O2. The minimum atomic E-state index is -0.954. The number of rotatable bonds is 6. The van der Waals surface area contributed by atoms with E-state index in [1.165, 1.54) is 0 Å². The molecule has 2 rings (SSSR count). The first-order valence-corrected chi connectivity index (χ1v) is 9.58. The summed E-state index contributed by atoms with van der Waals surface area (Å²) in [5, 5.41) is 15.4. The second kappa shape index (κ2) is 8.01. The predicted octanol–water partition coefficient (Wildman–Crippen LogP) is 6.05. The minimum Gasteiger partial charge on any atom is -0.478 e. The number of aromatic nitrogens is 2. The van der Waals surface area contributed by atoms with Crippen LogP contribution in [0.3, 0.4) is 0 Å². The summed E-state index contributed by atoms with van der Waals surface area (Å²) in [4.78, 5) is 12.0. The standard InChI is InChI=1S/C20H26Cl2N2O2/c1-6-16-18(19(25)26)15(9-12(2)11-20(3,4)5)23-24(16)17-10-13(21)7-8-14(17)22/h7-8,10,12H,6,9,11H2,1-5H3,(H,25,26). The zero-order valence-electron chi connectivity index (χ0n) is 15.9. The molecule has 2 aromatic rings. The lowest BCUT2D eigenvalue weighted by atomic mass is 9.83. The summed E-state index contributed by atoms with van der Waals surface area (Å²) < 4.78 is 1.64. The van der Waals surface area contributed by atoms with Gasteiger partial charge >= 0.3 is 5.97 Å². The largest absolute Gasteiger partial charge is 0.478 e. The Morgan fingerprint density at radius 3 is 2.50 bits per heavy atom. The maximum atomic E-state index is 12.0. The number of nitrogens with zero attached hydrogens (tertiary/aromatic N) is 2. The van der Waals surface area contributed by atoms with Crippen molar-refractivity contribution in [2.75, 3.05) is 0 Å². The van der Waals surface area contributed by atoms with E-state index in [-0.39, 0.29) is 11.0 Å². The minimum absolute atomic E-state index is 0.176. The Bertz CT molecular complexity index is 807. The molecule has 4 nitrogen and oxygen atoms in total. The molecule has 0 saturated carbocycles. The fourth-order valence-corrected chi connectivity index (χ4v) is 3.88. The summed E-state index contributed by atoms with van der Waals surface area (Å²) in [7, 11) is 0. The summed E-state index contributed by atoms with van der Waals surface area (Å²) in [6, 6.07) is 5.11. The van der Waals surface area contributed by atoms with Crippen LogP contribution in [-0.4, -0.2) is 20.9 Å². The maximum Gasteiger partial charge on any atom is 0.339 e. The van der Waals surface area contributed by atoms with Crippen LogP contribution >= 0.6 is 23.2 Å². The molecule has 0 saturated heterocycles. The molecule has 0 spiro atoms.